The third-order valence-corrected chi connectivity index (χ3v) is 5.54. The SMILES string of the molecule is O=C(Cc1cccc(C(F)(F)F)c1)N[C@H](Cc1c2ccccc2cc2ccccc12)C(=O)O. The van der Waals surface area contributed by atoms with Crippen LogP contribution in [0.5, 0.6) is 0 Å². The van der Waals surface area contributed by atoms with Crippen LogP contribution < -0.4 is 5.32 Å². The largest absolute Gasteiger partial charge is 0.480 e. The van der Waals surface area contributed by atoms with Crippen LogP contribution in [0.15, 0.2) is 78.9 Å². The number of fused-ring (bicyclic) bond motifs is 2. The first-order chi connectivity index (χ1) is 15.7. The molecule has 0 heterocycles. The van der Waals surface area contributed by atoms with E-state index in [1.54, 1.807) is 0 Å². The number of nitrogens with one attached hydrogen (secondary N) is 1. The Bertz CT molecular complexity index is 1290. The molecule has 0 unspecified atom stereocenters. The van der Waals surface area contributed by atoms with E-state index >= 15 is 0 Å². The Kier molecular flexibility index (Phi) is 6.05. The smallest absolute Gasteiger partial charge is 0.416 e. The molecular formula is C26H20F3NO3. The molecule has 33 heavy (non-hydrogen) atoms. The fraction of sp³-hybridized carbons (Fsp3) is 0.154. The molecule has 168 valence electrons. The van der Waals surface area contributed by atoms with Gasteiger partial charge in [0.25, 0.3) is 0 Å². The van der Waals surface area contributed by atoms with E-state index < -0.39 is 29.7 Å². The molecule has 1 atom stereocenters. The van der Waals surface area contributed by atoms with Gasteiger partial charge in [-0.05, 0) is 44.8 Å². The summed E-state index contributed by atoms with van der Waals surface area (Å²) in [5.41, 5.74) is 0.0855. The maximum atomic E-state index is 12.9. The Morgan fingerprint density at radius 3 is 2.03 bits per heavy atom. The zero-order chi connectivity index (χ0) is 23.6. The second-order valence-electron chi connectivity index (χ2n) is 7.83. The average Bonchev–Trinajstić information content (AvgIpc) is 2.77. The van der Waals surface area contributed by atoms with E-state index in [-0.39, 0.29) is 18.4 Å². The molecule has 7 heteroatoms. The number of hydrogen-bond donors (Lipinski definition) is 2. The molecule has 0 saturated heterocycles. The zero-order valence-corrected chi connectivity index (χ0v) is 17.4. The van der Waals surface area contributed by atoms with Crippen molar-refractivity contribution in [2.45, 2.75) is 25.1 Å². The van der Waals surface area contributed by atoms with Gasteiger partial charge in [0, 0.05) is 6.42 Å². The number of amides is 1. The van der Waals surface area contributed by atoms with Crippen molar-refractivity contribution in [1.29, 1.82) is 0 Å². The van der Waals surface area contributed by atoms with Crippen LogP contribution in [0.1, 0.15) is 16.7 Å². The number of halogens is 3. The predicted octanol–water partition coefficient (Wildman–Crippen LogP) is 5.37. The van der Waals surface area contributed by atoms with Crippen molar-refractivity contribution >= 4 is 33.4 Å². The molecule has 0 aliphatic carbocycles. The van der Waals surface area contributed by atoms with Gasteiger partial charge in [-0.25, -0.2) is 4.79 Å². The lowest BCUT2D eigenvalue weighted by Gasteiger charge is -2.18. The van der Waals surface area contributed by atoms with E-state index in [0.717, 1.165) is 39.2 Å². The molecule has 0 aromatic heterocycles. The molecule has 4 rings (SSSR count). The lowest BCUT2D eigenvalue weighted by atomic mass is 9.92. The number of aliphatic carboxylic acids is 1. The summed E-state index contributed by atoms with van der Waals surface area (Å²) in [4.78, 5) is 24.5. The Balaban J connectivity index is 1.61. The van der Waals surface area contributed by atoms with Crippen molar-refractivity contribution in [3.05, 3.63) is 95.6 Å². The monoisotopic (exact) mass is 451 g/mol. The molecule has 0 radical (unpaired) electrons. The van der Waals surface area contributed by atoms with Crippen LogP contribution in [0.3, 0.4) is 0 Å². The minimum absolute atomic E-state index is 0.0333. The van der Waals surface area contributed by atoms with Crippen molar-refractivity contribution < 1.29 is 27.9 Å². The number of rotatable bonds is 6. The Labute approximate surface area is 187 Å². The van der Waals surface area contributed by atoms with Crippen molar-refractivity contribution in [3.8, 4) is 0 Å². The van der Waals surface area contributed by atoms with Crippen LogP contribution in [0.4, 0.5) is 13.2 Å². The fourth-order valence-corrected chi connectivity index (χ4v) is 4.02. The lowest BCUT2D eigenvalue weighted by molar-refractivity contribution is -0.141. The van der Waals surface area contributed by atoms with E-state index in [1.165, 1.54) is 12.1 Å². The van der Waals surface area contributed by atoms with Gasteiger partial charge in [-0.2, -0.15) is 13.2 Å². The highest BCUT2D eigenvalue weighted by atomic mass is 19.4. The quantitative estimate of drug-likeness (QED) is 0.388. The first-order valence-corrected chi connectivity index (χ1v) is 10.3. The zero-order valence-electron chi connectivity index (χ0n) is 17.4. The Hall–Kier alpha value is -3.87. The number of alkyl halides is 3. The summed E-state index contributed by atoms with van der Waals surface area (Å²) < 4.78 is 38.8. The van der Waals surface area contributed by atoms with Crippen molar-refractivity contribution in [2.24, 2.45) is 0 Å². The van der Waals surface area contributed by atoms with Gasteiger partial charge in [-0.15, -0.1) is 0 Å². The summed E-state index contributed by atoms with van der Waals surface area (Å²) in [5.74, 6) is -1.88. The molecule has 1 amide bonds. The maximum absolute atomic E-state index is 12.9. The lowest BCUT2D eigenvalue weighted by Crippen LogP contribution is -2.43. The summed E-state index contributed by atoms with van der Waals surface area (Å²) in [6.45, 7) is 0. The molecule has 0 aliphatic heterocycles. The molecule has 0 bridgehead atoms. The van der Waals surface area contributed by atoms with Gasteiger partial charge in [0.15, 0.2) is 0 Å². The Morgan fingerprint density at radius 2 is 1.45 bits per heavy atom. The fourth-order valence-electron chi connectivity index (χ4n) is 4.02. The molecule has 0 spiro atoms. The number of carbonyl (C=O) groups excluding carboxylic acids is 1. The van der Waals surface area contributed by atoms with Gasteiger partial charge in [0.1, 0.15) is 6.04 Å². The molecule has 4 aromatic rings. The molecule has 2 N–H and O–H groups in total. The third-order valence-electron chi connectivity index (χ3n) is 5.54. The van der Waals surface area contributed by atoms with E-state index in [9.17, 15) is 27.9 Å². The number of benzene rings is 4. The van der Waals surface area contributed by atoms with E-state index in [1.807, 2.05) is 54.6 Å². The van der Waals surface area contributed by atoms with Gasteiger partial charge < -0.3 is 10.4 Å². The second kappa shape index (κ2) is 8.94. The highest BCUT2D eigenvalue weighted by Gasteiger charge is 2.30. The summed E-state index contributed by atoms with van der Waals surface area (Å²) in [6.07, 6.45) is -4.85. The topological polar surface area (TPSA) is 66.4 Å². The second-order valence-corrected chi connectivity index (χ2v) is 7.83. The van der Waals surface area contributed by atoms with Gasteiger partial charge in [0.2, 0.25) is 5.91 Å². The molecule has 4 nitrogen and oxygen atoms in total. The first kappa shape index (κ1) is 22.3. The Morgan fingerprint density at radius 1 is 0.848 bits per heavy atom. The van der Waals surface area contributed by atoms with Gasteiger partial charge in [0.05, 0.1) is 12.0 Å². The first-order valence-electron chi connectivity index (χ1n) is 10.3. The summed E-state index contributed by atoms with van der Waals surface area (Å²) in [5, 5.41) is 15.9. The summed E-state index contributed by atoms with van der Waals surface area (Å²) >= 11 is 0. The molecule has 0 saturated carbocycles. The molecule has 0 fully saturated rings. The number of carboxylic acids is 1. The van der Waals surface area contributed by atoms with Gasteiger partial charge >= 0.3 is 12.1 Å². The van der Waals surface area contributed by atoms with Crippen molar-refractivity contribution in [2.75, 3.05) is 0 Å². The number of carbonyl (C=O) groups is 2. The molecule has 4 aromatic carbocycles. The highest BCUT2D eigenvalue weighted by molar-refractivity contribution is 6.02. The molecule has 0 aliphatic rings. The van der Waals surface area contributed by atoms with E-state index in [4.69, 9.17) is 0 Å². The summed E-state index contributed by atoms with van der Waals surface area (Å²) in [6, 6.07) is 20.4. The predicted molar refractivity (Wildman–Crippen MR) is 120 cm³/mol. The highest BCUT2D eigenvalue weighted by Crippen LogP contribution is 2.30. The van der Waals surface area contributed by atoms with Crippen LogP contribution in [-0.2, 0) is 28.6 Å². The van der Waals surface area contributed by atoms with Crippen LogP contribution >= 0.6 is 0 Å². The van der Waals surface area contributed by atoms with Crippen molar-refractivity contribution in [3.63, 3.8) is 0 Å². The minimum Gasteiger partial charge on any atom is -0.480 e. The van der Waals surface area contributed by atoms with Crippen LogP contribution in [0.2, 0.25) is 0 Å². The third kappa shape index (κ3) is 4.98. The normalized spacial score (nSPS) is 12.6. The number of hydrogen-bond acceptors (Lipinski definition) is 2. The van der Waals surface area contributed by atoms with E-state index in [0.29, 0.717) is 0 Å². The average molecular weight is 451 g/mol. The maximum Gasteiger partial charge on any atom is 0.416 e. The standard InChI is InChI=1S/C26H20F3NO3/c27-26(28,29)19-9-5-6-16(12-19)13-24(31)30-23(25(32)33)15-22-20-10-3-1-7-17(20)14-18-8-2-4-11-21(18)22/h1-12,14,23H,13,15H2,(H,30,31)(H,32,33)/t23-/m1/s1. The number of carboxylic acid groups (broad SMARTS) is 1. The van der Waals surface area contributed by atoms with Gasteiger partial charge in [-0.3, -0.25) is 4.79 Å². The van der Waals surface area contributed by atoms with Crippen LogP contribution in [0, 0.1) is 0 Å². The van der Waals surface area contributed by atoms with Crippen LogP contribution in [0.25, 0.3) is 21.5 Å². The van der Waals surface area contributed by atoms with Crippen molar-refractivity contribution in [1.82, 2.24) is 5.32 Å². The minimum atomic E-state index is -4.52. The van der Waals surface area contributed by atoms with E-state index in [2.05, 4.69) is 5.32 Å². The summed E-state index contributed by atoms with van der Waals surface area (Å²) in [7, 11) is 0. The van der Waals surface area contributed by atoms with Gasteiger partial charge in [-0.1, -0.05) is 66.7 Å². The van der Waals surface area contributed by atoms with Crippen LogP contribution in [-0.4, -0.2) is 23.0 Å². The molecular weight excluding hydrogens is 431 g/mol.